The van der Waals surface area contributed by atoms with Crippen LogP contribution in [0.25, 0.3) is 0 Å². The SMILES string of the molecule is O=C(Cn1cc(C23CCC(CC2)N3)nn1)NCC1Cc2ccccc2O1. The molecule has 2 bridgehead atoms. The summed E-state index contributed by atoms with van der Waals surface area (Å²) in [5, 5.41) is 15.1. The van der Waals surface area contributed by atoms with Crippen molar-refractivity contribution in [3.05, 3.63) is 41.7 Å². The molecule has 7 nitrogen and oxygen atoms in total. The second-order valence-electron chi connectivity index (χ2n) is 7.66. The molecule has 4 heterocycles. The van der Waals surface area contributed by atoms with Crippen molar-refractivity contribution in [2.45, 2.75) is 56.3 Å². The average molecular weight is 353 g/mol. The van der Waals surface area contributed by atoms with Crippen LogP contribution in [0, 0.1) is 0 Å². The Kier molecular flexibility index (Phi) is 3.70. The van der Waals surface area contributed by atoms with Crippen molar-refractivity contribution in [3.63, 3.8) is 0 Å². The third kappa shape index (κ3) is 2.76. The van der Waals surface area contributed by atoms with Crippen LogP contribution >= 0.6 is 0 Å². The zero-order valence-electron chi connectivity index (χ0n) is 14.6. The molecule has 0 spiro atoms. The molecule has 136 valence electrons. The fraction of sp³-hybridized carbons (Fsp3) is 0.526. The molecular weight excluding hydrogens is 330 g/mol. The summed E-state index contributed by atoms with van der Waals surface area (Å²) in [6, 6.07) is 8.64. The van der Waals surface area contributed by atoms with Gasteiger partial charge in [-0.1, -0.05) is 23.4 Å². The van der Waals surface area contributed by atoms with Crippen molar-refractivity contribution >= 4 is 5.91 Å². The fourth-order valence-corrected chi connectivity index (χ4v) is 4.51. The highest BCUT2D eigenvalue weighted by Crippen LogP contribution is 2.43. The number of hydrogen-bond acceptors (Lipinski definition) is 5. The van der Waals surface area contributed by atoms with Gasteiger partial charge in [0.05, 0.1) is 18.3 Å². The fourth-order valence-electron chi connectivity index (χ4n) is 4.51. The topological polar surface area (TPSA) is 81.1 Å². The summed E-state index contributed by atoms with van der Waals surface area (Å²) in [4.78, 5) is 12.3. The Hall–Kier alpha value is -2.41. The molecule has 1 aromatic carbocycles. The van der Waals surface area contributed by atoms with Crippen molar-refractivity contribution in [3.8, 4) is 5.75 Å². The Morgan fingerprint density at radius 3 is 2.96 bits per heavy atom. The number of aromatic nitrogens is 3. The van der Waals surface area contributed by atoms with Crippen LogP contribution in [0.2, 0.25) is 0 Å². The van der Waals surface area contributed by atoms with Gasteiger partial charge in [-0.25, -0.2) is 4.68 Å². The van der Waals surface area contributed by atoms with Crippen LogP contribution < -0.4 is 15.4 Å². The third-order valence-electron chi connectivity index (χ3n) is 5.89. The first-order valence-corrected chi connectivity index (χ1v) is 9.40. The van der Waals surface area contributed by atoms with Crippen LogP contribution in [-0.2, 0) is 23.3 Å². The summed E-state index contributed by atoms with van der Waals surface area (Å²) in [6.45, 7) is 0.689. The standard InChI is InChI=1S/C19H23N5O2/c25-18(20-10-15-9-13-3-1-2-4-16(13)26-15)12-24-11-17(22-23-24)19-7-5-14(21-19)6-8-19/h1-4,11,14-15,21H,5-10,12H2,(H,20,25). The van der Waals surface area contributed by atoms with Crippen LogP contribution in [0.3, 0.4) is 0 Å². The maximum atomic E-state index is 12.3. The van der Waals surface area contributed by atoms with Crippen molar-refractivity contribution in [2.24, 2.45) is 0 Å². The number of amides is 1. The molecule has 7 heteroatoms. The molecule has 1 amide bonds. The molecule has 1 aromatic heterocycles. The predicted molar refractivity (Wildman–Crippen MR) is 94.7 cm³/mol. The predicted octanol–water partition coefficient (Wildman–Crippen LogP) is 1.14. The van der Waals surface area contributed by atoms with E-state index < -0.39 is 0 Å². The van der Waals surface area contributed by atoms with E-state index in [1.165, 1.54) is 18.4 Å². The molecule has 2 fully saturated rings. The number of nitrogens with zero attached hydrogens (tertiary/aromatic N) is 3. The number of fused-ring (bicyclic) bond motifs is 3. The first-order chi connectivity index (χ1) is 12.7. The number of benzene rings is 1. The van der Waals surface area contributed by atoms with Gasteiger partial charge in [-0.2, -0.15) is 0 Å². The first-order valence-electron chi connectivity index (χ1n) is 9.40. The van der Waals surface area contributed by atoms with Gasteiger partial charge in [0.1, 0.15) is 24.1 Å². The first kappa shape index (κ1) is 15.8. The van der Waals surface area contributed by atoms with E-state index in [0.29, 0.717) is 12.6 Å². The van der Waals surface area contributed by atoms with Crippen molar-refractivity contribution in [1.82, 2.24) is 25.6 Å². The minimum atomic E-state index is -0.0674. The van der Waals surface area contributed by atoms with Gasteiger partial charge in [0, 0.05) is 12.5 Å². The average Bonchev–Trinajstić information content (AvgIpc) is 3.42. The van der Waals surface area contributed by atoms with E-state index in [4.69, 9.17) is 4.74 Å². The number of ether oxygens (including phenoxy) is 1. The zero-order chi connectivity index (χ0) is 17.6. The Labute approximate surface area is 152 Å². The molecule has 1 atom stereocenters. The van der Waals surface area contributed by atoms with Gasteiger partial charge in [-0.3, -0.25) is 4.79 Å². The largest absolute Gasteiger partial charge is 0.488 e. The van der Waals surface area contributed by atoms with Crippen molar-refractivity contribution in [2.75, 3.05) is 6.54 Å². The molecule has 26 heavy (non-hydrogen) atoms. The lowest BCUT2D eigenvalue weighted by molar-refractivity contribution is -0.122. The van der Waals surface area contributed by atoms with Crippen LogP contribution in [0.4, 0.5) is 0 Å². The molecule has 2 saturated heterocycles. The minimum Gasteiger partial charge on any atom is -0.488 e. The summed E-state index contributed by atoms with van der Waals surface area (Å²) in [5.74, 6) is 0.855. The second kappa shape index (κ2) is 6.09. The summed E-state index contributed by atoms with van der Waals surface area (Å²) < 4.78 is 7.49. The molecule has 0 aliphatic carbocycles. The molecule has 0 radical (unpaired) electrons. The lowest BCUT2D eigenvalue weighted by Crippen LogP contribution is -2.36. The van der Waals surface area contributed by atoms with Crippen LogP contribution in [0.5, 0.6) is 5.75 Å². The summed E-state index contributed by atoms with van der Waals surface area (Å²) in [6.07, 6.45) is 7.39. The molecule has 1 unspecified atom stereocenters. The maximum absolute atomic E-state index is 12.3. The quantitative estimate of drug-likeness (QED) is 0.842. The molecule has 2 aromatic rings. The molecule has 2 N–H and O–H groups in total. The van der Waals surface area contributed by atoms with Crippen molar-refractivity contribution < 1.29 is 9.53 Å². The van der Waals surface area contributed by atoms with Gasteiger partial charge in [0.15, 0.2) is 0 Å². The summed E-state index contributed by atoms with van der Waals surface area (Å²) >= 11 is 0. The van der Waals surface area contributed by atoms with Gasteiger partial charge in [0.25, 0.3) is 0 Å². The van der Waals surface area contributed by atoms with Crippen molar-refractivity contribution in [1.29, 1.82) is 0 Å². The Bertz CT molecular complexity index is 800. The van der Waals surface area contributed by atoms with Gasteiger partial charge in [0.2, 0.25) is 5.91 Å². The second-order valence-corrected chi connectivity index (χ2v) is 7.66. The van der Waals surface area contributed by atoms with E-state index in [-0.39, 0.29) is 24.1 Å². The lowest BCUT2D eigenvalue weighted by atomic mass is 9.86. The molecule has 3 aliphatic heterocycles. The van der Waals surface area contributed by atoms with E-state index in [1.54, 1.807) is 4.68 Å². The van der Waals surface area contributed by atoms with E-state index in [2.05, 4.69) is 27.0 Å². The van der Waals surface area contributed by atoms with Crippen LogP contribution in [0.15, 0.2) is 30.5 Å². The molecular formula is C19H23N5O2. The Balaban J connectivity index is 1.15. The third-order valence-corrected chi connectivity index (χ3v) is 5.89. The van der Waals surface area contributed by atoms with E-state index in [0.717, 1.165) is 30.7 Å². The van der Waals surface area contributed by atoms with Gasteiger partial charge in [-0.15, -0.1) is 5.10 Å². The van der Waals surface area contributed by atoms with Gasteiger partial charge < -0.3 is 15.4 Å². The lowest BCUT2D eigenvalue weighted by Gasteiger charge is -2.22. The Morgan fingerprint density at radius 1 is 1.35 bits per heavy atom. The number of carbonyl (C=O) groups is 1. The summed E-state index contributed by atoms with van der Waals surface area (Å²) in [7, 11) is 0. The van der Waals surface area contributed by atoms with E-state index >= 15 is 0 Å². The normalized spacial score (nSPS) is 28.8. The van der Waals surface area contributed by atoms with E-state index in [1.807, 2.05) is 24.4 Å². The summed E-state index contributed by atoms with van der Waals surface area (Å²) in [5.41, 5.74) is 2.16. The van der Waals surface area contributed by atoms with Gasteiger partial charge in [-0.05, 0) is 37.3 Å². The number of hydrogen-bond donors (Lipinski definition) is 2. The zero-order valence-corrected chi connectivity index (χ0v) is 14.6. The number of para-hydroxylation sites is 1. The number of carbonyl (C=O) groups excluding carboxylic acids is 1. The minimum absolute atomic E-state index is 0.000317. The number of nitrogens with one attached hydrogen (secondary N) is 2. The highest BCUT2D eigenvalue weighted by atomic mass is 16.5. The highest BCUT2D eigenvalue weighted by molar-refractivity contribution is 5.75. The number of rotatable bonds is 5. The maximum Gasteiger partial charge on any atom is 0.241 e. The molecule has 0 saturated carbocycles. The van der Waals surface area contributed by atoms with Crippen LogP contribution in [0.1, 0.15) is 36.9 Å². The van der Waals surface area contributed by atoms with Crippen LogP contribution in [-0.4, -0.2) is 39.6 Å². The highest BCUT2D eigenvalue weighted by Gasteiger charge is 2.47. The monoisotopic (exact) mass is 353 g/mol. The smallest absolute Gasteiger partial charge is 0.241 e. The van der Waals surface area contributed by atoms with E-state index in [9.17, 15) is 4.79 Å². The molecule has 3 aliphatic rings. The molecule has 5 rings (SSSR count). The Morgan fingerprint density at radius 2 is 2.19 bits per heavy atom. The van der Waals surface area contributed by atoms with Gasteiger partial charge >= 0.3 is 0 Å².